The van der Waals surface area contributed by atoms with E-state index in [2.05, 4.69) is 15.6 Å². The normalized spacial score (nSPS) is 12.0. The third kappa shape index (κ3) is 5.08. The smallest absolute Gasteiger partial charge is 0.239 e. The van der Waals surface area contributed by atoms with Crippen molar-refractivity contribution < 1.29 is 9.59 Å². The van der Waals surface area contributed by atoms with Crippen LogP contribution in [0.2, 0.25) is 0 Å². The first-order valence-corrected chi connectivity index (χ1v) is 10.4. The molecule has 0 aliphatic carbocycles. The Balaban J connectivity index is 1.51. The summed E-state index contributed by atoms with van der Waals surface area (Å²) in [6, 6.07) is 13.6. The number of rotatable bonds is 6. The SMILES string of the molecule is Cc1ccc(NC(=O)CS[C@@H](C)C(=O)Nc2nc3c(C)cccc3s2)cc1. The molecule has 0 spiro atoms. The highest BCUT2D eigenvalue weighted by Gasteiger charge is 2.17. The van der Waals surface area contributed by atoms with E-state index in [1.807, 2.05) is 56.3 Å². The molecule has 3 rings (SSSR count). The summed E-state index contributed by atoms with van der Waals surface area (Å²) in [5.74, 6) is -0.0690. The maximum atomic E-state index is 12.4. The number of aromatic nitrogens is 1. The van der Waals surface area contributed by atoms with Crippen LogP contribution in [0.5, 0.6) is 0 Å². The number of benzene rings is 2. The lowest BCUT2D eigenvalue weighted by atomic mass is 10.2. The Morgan fingerprint density at radius 3 is 2.56 bits per heavy atom. The Labute approximate surface area is 166 Å². The molecule has 2 aromatic carbocycles. The number of hydrogen-bond donors (Lipinski definition) is 2. The summed E-state index contributed by atoms with van der Waals surface area (Å²) < 4.78 is 1.04. The molecule has 1 heterocycles. The topological polar surface area (TPSA) is 71.1 Å². The predicted molar refractivity (Wildman–Crippen MR) is 115 cm³/mol. The third-order valence-electron chi connectivity index (χ3n) is 4.02. The number of anilines is 2. The fourth-order valence-electron chi connectivity index (χ4n) is 2.46. The molecule has 0 fully saturated rings. The second-order valence-corrected chi connectivity index (χ2v) is 8.66. The van der Waals surface area contributed by atoms with Crippen LogP contribution in [0.3, 0.4) is 0 Å². The number of hydrogen-bond acceptors (Lipinski definition) is 5. The van der Waals surface area contributed by atoms with Crippen LogP contribution >= 0.6 is 23.1 Å². The van der Waals surface area contributed by atoms with Crippen molar-refractivity contribution in [2.24, 2.45) is 0 Å². The van der Waals surface area contributed by atoms with Crippen molar-refractivity contribution >= 4 is 55.9 Å². The van der Waals surface area contributed by atoms with E-state index in [9.17, 15) is 9.59 Å². The number of para-hydroxylation sites is 1. The van der Waals surface area contributed by atoms with Crippen LogP contribution in [0.15, 0.2) is 42.5 Å². The number of amides is 2. The highest BCUT2D eigenvalue weighted by molar-refractivity contribution is 8.01. The molecule has 7 heteroatoms. The van der Waals surface area contributed by atoms with Crippen LogP contribution in [-0.2, 0) is 9.59 Å². The second kappa shape index (κ2) is 8.54. The molecule has 140 valence electrons. The van der Waals surface area contributed by atoms with E-state index in [0.29, 0.717) is 5.13 Å². The Hall–Kier alpha value is -2.38. The average Bonchev–Trinajstić information content (AvgIpc) is 3.05. The van der Waals surface area contributed by atoms with Crippen LogP contribution in [0.1, 0.15) is 18.1 Å². The molecule has 0 aliphatic heterocycles. The van der Waals surface area contributed by atoms with Gasteiger partial charge < -0.3 is 10.6 Å². The third-order valence-corrected chi connectivity index (χ3v) is 6.10. The Bertz CT molecular complexity index is 967. The summed E-state index contributed by atoms with van der Waals surface area (Å²) in [6.45, 7) is 5.78. The van der Waals surface area contributed by atoms with E-state index >= 15 is 0 Å². The second-order valence-electron chi connectivity index (χ2n) is 6.30. The minimum Gasteiger partial charge on any atom is -0.325 e. The van der Waals surface area contributed by atoms with Gasteiger partial charge in [0.25, 0.3) is 0 Å². The van der Waals surface area contributed by atoms with Gasteiger partial charge in [-0.1, -0.05) is 41.2 Å². The fraction of sp³-hybridized carbons (Fsp3) is 0.250. The van der Waals surface area contributed by atoms with Crippen molar-refractivity contribution in [1.29, 1.82) is 0 Å². The molecular weight excluding hydrogens is 378 g/mol. The molecule has 0 aliphatic rings. The van der Waals surface area contributed by atoms with Gasteiger partial charge >= 0.3 is 0 Å². The van der Waals surface area contributed by atoms with Crippen LogP contribution < -0.4 is 10.6 Å². The summed E-state index contributed by atoms with van der Waals surface area (Å²) in [7, 11) is 0. The summed E-state index contributed by atoms with van der Waals surface area (Å²) in [5, 5.41) is 5.91. The van der Waals surface area contributed by atoms with Gasteiger partial charge in [0.1, 0.15) is 0 Å². The molecule has 27 heavy (non-hydrogen) atoms. The molecular formula is C20H21N3O2S2. The van der Waals surface area contributed by atoms with E-state index in [4.69, 9.17) is 0 Å². The fourth-order valence-corrected chi connectivity index (χ4v) is 4.09. The first-order chi connectivity index (χ1) is 12.9. The molecule has 5 nitrogen and oxygen atoms in total. The zero-order valence-electron chi connectivity index (χ0n) is 15.4. The number of aryl methyl sites for hydroxylation is 2. The lowest BCUT2D eigenvalue weighted by Crippen LogP contribution is -2.25. The van der Waals surface area contributed by atoms with Gasteiger partial charge in [-0.25, -0.2) is 4.98 Å². The summed E-state index contributed by atoms with van der Waals surface area (Å²) in [4.78, 5) is 28.9. The Morgan fingerprint density at radius 2 is 1.85 bits per heavy atom. The van der Waals surface area contributed by atoms with Gasteiger partial charge in [0.2, 0.25) is 11.8 Å². The predicted octanol–water partition coefficient (Wildman–Crippen LogP) is 4.61. The summed E-state index contributed by atoms with van der Waals surface area (Å²) >= 11 is 2.75. The van der Waals surface area contributed by atoms with Gasteiger partial charge in [-0.15, -0.1) is 11.8 Å². The maximum Gasteiger partial charge on any atom is 0.239 e. The van der Waals surface area contributed by atoms with E-state index in [0.717, 1.165) is 27.0 Å². The summed E-state index contributed by atoms with van der Waals surface area (Å²) in [5.41, 5.74) is 3.89. The quantitative estimate of drug-likeness (QED) is 0.635. The lowest BCUT2D eigenvalue weighted by Gasteiger charge is -2.10. The molecule has 3 aromatic rings. The number of thioether (sulfide) groups is 1. The van der Waals surface area contributed by atoms with E-state index in [1.54, 1.807) is 6.92 Å². The van der Waals surface area contributed by atoms with Crippen molar-refractivity contribution in [1.82, 2.24) is 4.98 Å². The Morgan fingerprint density at radius 1 is 1.11 bits per heavy atom. The maximum absolute atomic E-state index is 12.4. The zero-order chi connectivity index (χ0) is 19.4. The molecule has 0 unspecified atom stereocenters. The van der Waals surface area contributed by atoms with Crippen molar-refractivity contribution in [2.75, 3.05) is 16.4 Å². The van der Waals surface area contributed by atoms with E-state index < -0.39 is 0 Å². The minimum absolute atomic E-state index is 0.126. The number of carbonyl (C=O) groups excluding carboxylic acids is 2. The molecule has 1 aromatic heterocycles. The van der Waals surface area contributed by atoms with Crippen LogP contribution in [-0.4, -0.2) is 27.8 Å². The van der Waals surface area contributed by atoms with Crippen LogP contribution in [0.25, 0.3) is 10.2 Å². The van der Waals surface area contributed by atoms with Gasteiger partial charge in [-0.05, 0) is 44.5 Å². The number of carbonyl (C=O) groups is 2. The molecule has 2 N–H and O–H groups in total. The highest BCUT2D eigenvalue weighted by atomic mass is 32.2. The van der Waals surface area contributed by atoms with Gasteiger partial charge in [0.05, 0.1) is 21.2 Å². The number of thiazole rings is 1. The Kier molecular flexibility index (Phi) is 6.13. The van der Waals surface area contributed by atoms with Crippen molar-refractivity contribution in [2.45, 2.75) is 26.0 Å². The minimum atomic E-state index is -0.359. The monoisotopic (exact) mass is 399 g/mol. The lowest BCUT2D eigenvalue weighted by molar-refractivity contribution is -0.115. The average molecular weight is 400 g/mol. The van der Waals surface area contributed by atoms with Gasteiger partial charge in [0.15, 0.2) is 5.13 Å². The first kappa shape index (κ1) is 19.4. The summed E-state index contributed by atoms with van der Waals surface area (Å²) in [6.07, 6.45) is 0. The van der Waals surface area contributed by atoms with E-state index in [-0.39, 0.29) is 22.8 Å². The van der Waals surface area contributed by atoms with Crippen molar-refractivity contribution in [3.63, 3.8) is 0 Å². The molecule has 0 radical (unpaired) electrons. The molecule has 0 saturated heterocycles. The number of fused-ring (bicyclic) bond motifs is 1. The van der Waals surface area contributed by atoms with Crippen molar-refractivity contribution in [3.8, 4) is 0 Å². The van der Waals surface area contributed by atoms with Crippen LogP contribution in [0.4, 0.5) is 10.8 Å². The first-order valence-electron chi connectivity index (χ1n) is 8.57. The largest absolute Gasteiger partial charge is 0.325 e. The molecule has 2 amide bonds. The van der Waals surface area contributed by atoms with Gasteiger partial charge in [0, 0.05) is 5.69 Å². The van der Waals surface area contributed by atoms with Crippen molar-refractivity contribution in [3.05, 3.63) is 53.6 Å². The molecule has 0 saturated carbocycles. The number of nitrogens with one attached hydrogen (secondary N) is 2. The van der Waals surface area contributed by atoms with Gasteiger partial charge in [-0.2, -0.15) is 0 Å². The standard InChI is InChI=1S/C20H21N3O2S2/c1-12-7-9-15(10-8-12)21-17(24)11-26-14(3)19(25)23-20-22-18-13(2)5-4-6-16(18)27-20/h4-10,14H,11H2,1-3H3,(H,21,24)(H,22,23,25)/t14-/m0/s1. The zero-order valence-corrected chi connectivity index (χ0v) is 17.0. The van der Waals surface area contributed by atoms with E-state index in [1.165, 1.54) is 23.1 Å². The molecule has 0 bridgehead atoms. The van der Waals surface area contributed by atoms with Gasteiger partial charge in [-0.3, -0.25) is 9.59 Å². The van der Waals surface area contributed by atoms with Crippen LogP contribution in [0, 0.1) is 13.8 Å². The number of nitrogens with zero attached hydrogens (tertiary/aromatic N) is 1. The highest BCUT2D eigenvalue weighted by Crippen LogP contribution is 2.28. The molecule has 1 atom stereocenters.